The van der Waals surface area contributed by atoms with E-state index in [0.29, 0.717) is 11.5 Å². The number of para-hydroxylation sites is 1. The van der Waals surface area contributed by atoms with Crippen molar-refractivity contribution >= 4 is 27.7 Å². The van der Waals surface area contributed by atoms with E-state index in [1.807, 2.05) is 18.2 Å². The maximum atomic E-state index is 13.5. The van der Waals surface area contributed by atoms with Gasteiger partial charge in [0.1, 0.15) is 11.5 Å². The smallest absolute Gasteiger partial charge is 0.329 e. The fraction of sp³-hybridized carbons (Fsp3) is 0.261. The van der Waals surface area contributed by atoms with Gasteiger partial charge in [-0.2, -0.15) is 4.31 Å². The number of nitrogens with one attached hydrogen (secondary N) is 2. The van der Waals surface area contributed by atoms with E-state index >= 15 is 0 Å². The van der Waals surface area contributed by atoms with Gasteiger partial charge in [0.25, 0.3) is 5.56 Å². The van der Waals surface area contributed by atoms with Crippen LogP contribution in [-0.4, -0.2) is 51.7 Å². The number of hydrogen-bond donors (Lipinski definition) is 3. The average Bonchev–Trinajstić information content (AvgIpc) is 2.86. The van der Waals surface area contributed by atoms with Crippen LogP contribution in [0, 0.1) is 0 Å². The number of aromatic nitrogens is 2. The summed E-state index contributed by atoms with van der Waals surface area (Å²) in [5.74, 6) is 0.581. The fourth-order valence-electron chi connectivity index (χ4n) is 3.40. The summed E-state index contributed by atoms with van der Waals surface area (Å²) in [6.07, 6.45) is 1.03. The van der Waals surface area contributed by atoms with Crippen LogP contribution in [0.3, 0.4) is 0 Å². The predicted octanol–water partition coefficient (Wildman–Crippen LogP) is 1.99. The summed E-state index contributed by atoms with van der Waals surface area (Å²) in [6, 6.07) is 15.4. The first-order chi connectivity index (χ1) is 17.2. The van der Waals surface area contributed by atoms with E-state index in [0.717, 1.165) is 0 Å². The van der Waals surface area contributed by atoms with Crippen molar-refractivity contribution in [1.29, 1.82) is 0 Å². The Morgan fingerprint density at radius 2 is 1.78 bits per heavy atom. The molecule has 3 N–H and O–H groups in total. The summed E-state index contributed by atoms with van der Waals surface area (Å²) in [4.78, 5) is 37.2. The number of thioether (sulfide) groups is 1. The summed E-state index contributed by atoms with van der Waals surface area (Å²) in [5.41, 5.74) is 0.413. The van der Waals surface area contributed by atoms with Crippen LogP contribution in [0.25, 0.3) is 0 Å². The van der Waals surface area contributed by atoms with Crippen molar-refractivity contribution < 1.29 is 23.2 Å². The van der Waals surface area contributed by atoms with Gasteiger partial charge in [-0.05, 0) is 36.4 Å². The minimum Gasteiger partial charge on any atom is -0.457 e. The molecule has 3 aromatic rings. The molecule has 0 radical (unpaired) electrons. The van der Waals surface area contributed by atoms with Gasteiger partial charge in [0.2, 0.25) is 15.9 Å². The van der Waals surface area contributed by atoms with Crippen LogP contribution in [-0.2, 0) is 20.7 Å². The SMILES string of the molecule is CCN(C(CSCn1ccc(=O)[nH]c1=O)CC(=O)NO)S(=O)(=O)c1ccc(Oc2ccccc2)cc1. The second kappa shape index (κ2) is 12.5. The molecule has 2 aromatic carbocycles. The van der Waals surface area contributed by atoms with E-state index in [1.54, 1.807) is 31.2 Å². The van der Waals surface area contributed by atoms with Gasteiger partial charge >= 0.3 is 5.69 Å². The molecule has 1 amide bonds. The molecule has 0 saturated heterocycles. The van der Waals surface area contributed by atoms with Crippen LogP contribution >= 0.6 is 11.8 Å². The van der Waals surface area contributed by atoms with Crippen molar-refractivity contribution in [2.45, 2.75) is 30.2 Å². The molecule has 0 aliphatic rings. The van der Waals surface area contributed by atoms with Crippen LogP contribution in [0.5, 0.6) is 11.5 Å². The number of sulfonamides is 1. The van der Waals surface area contributed by atoms with Crippen LogP contribution in [0.15, 0.2) is 81.3 Å². The summed E-state index contributed by atoms with van der Waals surface area (Å²) < 4.78 is 35.1. The second-order valence-electron chi connectivity index (χ2n) is 7.57. The zero-order valence-electron chi connectivity index (χ0n) is 19.4. The van der Waals surface area contributed by atoms with Gasteiger partial charge in [-0.1, -0.05) is 25.1 Å². The quantitative estimate of drug-likeness (QED) is 0.236. The molecule has 1 heterocycles. The largest absolute Gasteiger partial charge is 0.457 e. The molecule has 0 bridgehead atoms. The normalized spacial score (nSPS) is 12.3. The lowest BCUT2D eigenvalue weighted by atomic mass is 10.2. The number of rotatable bonds is 12. The highest BCUT2D eigenvalue weighted by atomic mass is 32.2. The third kappa shape index (κ3) is 7.07. The van der Waals surface area contributed by atoms with Crippen LogP contribution < -0.4 is 21.5 Å². The monoisotopic (exact) mass is 534 g/mol. The Labute approximate surface area is 211 Å². The van der Waals surface area contributed by atoms with Crippen LogP contribution in [0.4, 0.5) is 0 Å². The van der Waals surface area contributed by atoms with E-state index in [1.165, 1.54) is 50.5 Å². The maximum Gasteiger partial charge on any atom is 0.329 e. The lowest BCUT2D eigenvalue weighted by molar-refractivity contribution is -0.129. The van der Waals surface area contributed by atoms with Crippen molar-refractivity contribution in [2.75, 3.05) is 12.3 Å². The number of carbonyl (C=O) groups is 1. The highest BCUT2D eigenvalue weighted by molar-refractivity contribution is 7.98. The van der Waals surface area contributed by atoms with E-state index in [2.05, 4.69) is 4.98 Å². The first kappa shape index (κ1) is 27.2. The first-order valence-corrected chi connectivity index (χ1v) is 13.5. The Hall–Kier alpha value is -3.39. The first-order valence-electron chi connectivity index (χ1n) is 10.9. The van der Waals surface area contributed by atoms with Crippen molar-refractivity contribution in [2.24, 2.45) is 0 Å². The summed E-state index contributed by atoms with van der Waals surface area (Å²) >= 11 is 1.20. The van der Waals surface area contributed by atoms with Crippen molar-refractivity contribution in [3.8, 4) is 11.5 Å². The van der Waals surface area contributed by atoms with Crippen molar-refractivity contribution in [1.82, 2.24) is 19.3 Å². The topological polar surface area (TPSA) is 151 Å². The predicted molar refractivity (Wildman–Crippen MR) is 135 cm³/mol. The number of H-pyrrole nitrogens is 1. The molecule has 0 aliphatic heterocycles. The molecule has 192 valence electrons. The van der Waals surface area contributed by atoms with Crippen LogP contribution in [0.2, 0.25) is 0 Å². The number of amides is 1. The van der Waals surface area contributed by atoms with Crippen molar-refractivity contribution in [3.05, 3.63) is 87.7 Å². The molecule has 1 atom stereocenters. The molecule has 0 aliphatic carbocycles. The van der Waals surface area contributed by atoms with Crippen molar-refractivity contribution in [3.63, 3.8) is 0 Å². The fourth-order valence-corrected chi connectivity index (χ4v) is 6.20. The second-order valence-corrected chi connectivity index (χ2v) is 10.5. The van der Waals surface area contributed by atoms with Gasteiger partial charge in [0.15, 0.2) is 0 Å². The number of benzene rings is 2. The number of aromatic amines is 1. The van der Waals surface area contributed by atoms with Gasteiger partial charge < -0.3 is 4.74 Å². The van der Waals surface area contributed by atoms with Gasteiger partial charge in [-0.3, -0.25) is 24.3 Å². The third-order valence-electron chi connectivity index (χ3n) is 5.11. The molecule has 3 rings (SSSR count). The van der Waals surface area contributed by atoms with Gasteiger partial charge in [-0.25, -0.2) is 18.7 Å². The van der Waals surface area contributed by atoms with Crippen LogP contribution in [0.1, 0.15) is 13.3 Å². The van der Waals surface area contributed by atoms with E-state index in [-0.39, 0.29) is 29.5 Å². The van der Waals surface area contributed by atoms with E-state index in [9.17, 15) is 22.8 Å². The molecule has 1 aromatic heterocycles. The molecule has 0 saturated carbocycles. The van der Waals surface area contributed by atoms with Gasteiger partial charge in [-0.15, -0.1) is 11.8 Å². The maximum absolute atomic E-state index is 13.5. The summed E-state index contributed by atoms with van der Waals surface area (Å²) in [7, 11) is -4.02. The Morgan fingerprint density at radius 1 is 1.11 bits per heavy atom. The molecular weight excluding hydrogens is 508 g/mol. The molecule has 11 nitrogen and oxygen atoms in total. The molecule has 1 unspecified atom stereocenters. The zero-order chi connectivity index (χ0) is 26.1. The lowest BCUT2D eigenvalue weighted by Crippen LogP contribution is -2.44. The highest BCUT2D eigenvalue weighted by Gasteiger charge is 2.31. The minimum absolute atomic E-state index is 0.0148. The molecule has 0 fully saturated rings. The Balaban J connectivity index is 1.78. The highest BCUT2D eigenvalue weighted by Crippen LogP contribution is 2.26. The standard InChI is InChI=1S/C23H26N4O7S2/c1-2-27(17(14-22(29)25-31)15-35-16-26-13-12-21(28)24-23(26)30)36(32,33)20-10-8-19(9-11-20)34-18-6-4-3-5-7-18/h3-13,17,31H,2,14-16H2,1H3,(H,25,29)(H,24,28,30). The van der Waals surface area contributed by atoms with E-state index < -0.39 is 33.2 Å². The average molecular weight is 535 g/mol. The number of carbonyl (C=O) groups excluding carboxylic acids is 1. The molecular formula is C23H26N4O7S2. The minimum atomic E-state index is -4.02. The molecule has 13 heteroatoms. The molecule has 36 heavy (non-hydrogen) atoms. The van der Waals surface area contributed by atoms with Gasteiger partial charge in [0, 0.05) is 37.0 Å². The number of hydrogen-bond acceptors (Lipinski definition) is 8. The lowest BCUT2D eigenvalue weighted by Gasteiger charge is -2.29. The van der Waals surface area contributed by atoms with Gasteiger partial charge in [0.05, 0.1) is 10.8 Å². The Bertz CT molecular complexity index is 1370. The number of nitrogens with zero attached hydrogens (tertiary/aromatic N) is 2. The molecule has 0 spiro atoms. The Morgan fingerprint density at radius 3 is 2.39 bits per heavy atom. The third-order valence-corrected chi connectivity index (χ3v) is 8.23. The Kier molecular flexibility index (Phi) is 9.47. The summed E-state index contributed by atoms with van der Waals surface area (Å²) in [6.45, 7) is 1.71. The number of ether oxygens (including phenoxy) is 1. The number of hydroxylamine groups is 1. The van der Waals surface area contributed by atoms with E-state index in [4.69, 9.17) is 9.94 Å². The zero-order valence-corrected chi connectivity index (χ0v) is 21.0. The summed E-state index contributed by atoms with van der Waals surface area (Å²) in [5, 5.41) is 9.01.